The fourth-order valence-electron chi connectivity index (χ4n) is 3.59. The van der Waals surface area contributed by atoms with Crippen molar-refractivity contribution in [3.8, 4) is 23.0 Å². The van der Waals surface area contributed by atoms with Gasteiger partial charge in [-0.2, -0.15) is 18.3 Å². The Kier molecular flexibility index (Phi) is 9.72. The number of fused-ring (bicyclic) bond motifs is 1. The van der Waals surface area contributed by atoms with Crippen LogP contribution in [0.4, 0.5) is 18.9 Å². The minimum absolute atomic E-state index is 0.0321. The maximum absolute atomic E-state index is 12.9. The van der Waals surface area contributed by atoms with Crippen LogP contribution in [-0.4, -0.2) is 44.4 Å². The van der Waals surface area contributed by atoms with Crippen LogP contribution in [0.1, 0.15) is 16.7 Å². The summed E-state index contributed by atoms with van der Waals surface area (Å²) in [6, 6.07) is 12.5. The van der Waals surface area contributed by atoms with Crippen molar-refractivity contribution in [2.75, 3.05) is 25.8 Å². The third-order valence-corrected chi connectivity index (χ3v) is 6.35. The summed E-state index contributed by atoms with van der Waals surface area (Å²) in [6.45, 7) is -0.301. The number of alkyl halides is 3. The Balaban J connectivity index is 1.29. The van der Waals surface area contributed by atoms with Gasteiger partial charge in [0.25, 0.3) is 5.91 Å². The second-order valence-electron chi connectivity index (χ2n) is 8.52. The van der Waals surface area contributed by atoms with Crippen molar-refractivity contribution in [3.05, 3.63) is 74.9 Å². The number of halogens is 4. The smallest absolute Gasteiger partial charge is 0.416 e. The largest absolute Gasteiger partial charge is 0.493 e. The average molecular weight is 698 g/mol. The van der Waals surface area contributed by atoms with Crippen LogP contribution in [0.15, 0.2) is 59.7 Å². The van der Waals surface area contributed by atoms with E-state index in [-0.39, 0.29) is 30.5 Å². The van der Waals surface area contributed by atoms with Crippen molar-refractivity contribution in [1.82, 2.24) is 10.7 Å². The third-order valence-electron chi connectivity index (χ3n) is 5.55. The molecule has 0 atom stereocenters. The zero-order valence-electron chi connectivity index (χ0n) is 21.7. The molecule has 3 amide bonds. The van der Waals surface area contributed by atoms with Crippen LogP contribution < -0.4 is 35.0 Å². The molecule has 3 aromatic carbocycles. The van der Waals surface area contributed by atoms with E-state index in [1.165, 1.54) is 31.5 Å². The molecular weight excluding hydrogens is 676 g/mol. The van der Waals surface area contributed by atoms with E-state index in [1.807, 2.05) is 22.6 Å². The number of anilines is 1. The summed E-state index contributed by atoms with van der Waals surface area (Å²) in [7, 11) is 1.37. The lowest BCUT2D eigenvalue weighted by atomic mass is 10.2. The van der Waals surface area contributed by atoms with Crippen LogP contribution in [0.2, 0.25) is 0 Å². The molecule has 0 unspecified atom stereocenters. The average Bonchev–Trinajstić information content (AvgIpc) is 3.42. The monoisotopic (exact) mass is 698 g/mol. The van der Waals surface area contributed by atoms with E-state index >= 15 is 0 Å². The second-order valence-corrected chi connectivity index (χ2v) is 9.68. The third kappa shape index (κ3) is 8.02. The van der Waals surface area contributed by atoms with Gasteiger partial charge in [0.1, 0.15) is 0 Å². The number of nitrogens with zero attached hydrogens (tertiary/aromatic N) is 1. The number of methoxy groups -OCH3 is 1. The predicted octanol–water partition coefficient (Wildman–Crippen LogP) is 3.83. The minimum Gasteiger partial charge on any atom is -0.493 e. The molecule has 42 heavy (non-hydrogen) atoms. The van der Waals surface area contributed by atoms with Crippen molar-refractivity contribution >= 4 is 52.2 Å². The number of carbonyl (C=O) groups is 3. The highest BCUT2D eigenvalue weighted by atomic mass is 127. The molecule has 0 bridgehead atoms. The van der Waals surface area contributed by atoms with E-state index in [2.05, 4.69) is 21.2 Å². The van der Waals surface area contributed by atoms with Gasteiger partial charge in [-0.1, -0.05) is 12.1 Å². The first-order chi connectivity index (χ1) is 20.0. The van der Waals surface area contributed by atoms with Gasteiger partial charge in [0.05, 0.1) is 22.5 Å². The lowest BCUT2D eigenvalue weighted by Gasteiger charge is -2.14. The molecule has 0 saturated heterocycles. The SMILES string of the molecule is COc1cc(/C=N\NC(=O)C(=O)NCc2ccc3c(c2)OCO3)cc(I)c1OCC(=O)Nc1cccc(C(F)(F)F)c1. The van der Waals surface area contributed by atoms with Gasteiger partial charge in [0, 0.05) is 12.2 Å². The molecule has 0 radical (unpaired) electrons. The van der Waals surface area contributed by atoms with Crippen LogP contribution in [-0.2, 0) is 27.1 Å². The van der Waals surface area contributed by atoms with E-state index < -0.39 is 36.1 Å². The van der Waals surface area contributed by atoms with Crippen LogP contribution in [0.3, 0.4) is 0 Å². The zero-order valence-corrected chi connectivity index (χ0v) is 23.9. The van der Waals surface area contributed by atoms with Gasteiger partial charge >= 0.3 is 18.0 Å². The molecule has 0 fully saturated rings. The number of nitrogens with one attached hydrogen (secondary N) is 3. The van der Waals surface area contributed by atoms with Gasteiger partial charge in [0.2, 0.25) is 6.79 Å². The minimum atomic E-state index is -4.55. The predicted molar refractivity (Wildman–Crippen MR) is 151 cm³/mol. The molecule has 11 nitrogen and oxygen atoms in total. The number of ether oxygens (including phenoxy) is 4. The fraction of sp³-hybridized carbons (Fsp3) is 0.185. The topological polar surface area (TPSA) is 137 Å². The number of benzene rings is 3. The Morgan fingerprint density at radius 1 is 1.05 bits per heavy atom. The lowest BCUT2D eigenvalue weighted by Crippen LogP contribution is -2.37. The Hall–Kier alpha value is -4.54. The molecule has 1 heterocycles. The van der Waals surface area contributed by atoms with Gasteiger partial charge in [-0.05, 0) is 76.2 Å². The summed E-state index contributed by atoms with van der Waals surface area (Å²) in [4.78, 5) is 36.5. The van der Waals surface area contributed by atoms with E-state index in [1.54, 1.807) is 24.3 Å². The molecule has 1 aliphatic rings. The number of hydrogen-bond acceptors (Lipinski definition) is 8. The summed E-state index contributed by atoms with van der Waals surface area (Å²) in [5, 5.41) is 8.63. The first-order valence-corrected chi connectivity index (χ1v) is 13.1. The molecule has 3 aromatic rings. The van der Waals surface area contributed by atoms with Crippen LogP contribution in [0, 0.1) is 3.57 Å². The van der Waals surface area contributed by atoms with Crippen molar-refractivity contribution in [2.24, 2.45) is 5.10 Å². The van der Waals surface area contributed by atoms with Crippen molar-refractivity contribution in [2.45, 2.75) is 12.7 Å². The molecule has 1 aliphatic heterocycles. The lowest BCUT2D eigenvalue weighted by molar-refractivity contribution is -0.139. The molecule has 4 rings (SSSR count). The summed E-state index contributed by atoms with van der Waals surface area (Å²) in [6.07, 6.45) is -3.27. The Bertz CT molecular complexity index is 1530. The summed E-state index contributed by atoms with van der Waals surface area (Å²) in [5.74, 6) is -0.982. The molecule has 0 aromatic heterocycles. The molecule has 220 valence electrons. The number of hydrazone groups is 1. The highest BCUT2D eigenvalue weighted by Crippen LogP contribution is 2.34. The van der Waals surface area contributed by atoms with E-state index in [4.69, 9.17) is 18.9 Å². The zero-order chi connectivity index (χ0) is 30.3. The van der Waals surface area contributed by atoms with Gasteiger partial charge < -0.3 is 29.6 Å². The van der Waals surface area contributed by atoms with Crippen LogP contribution in [0.25, 0.3) is 0 Å². The first-order valence-electron chi connectivity index (χ1n) is 12.0. The van der Waals surface area contributed by atoms with Crippen molar-refractivity contribution < 1.29 is 46.5 Å². The molecule has 0 aliphatic carbocycles. The van der Waals surface area contributed by atoms with Gasteiger partial charge in [-0.15, -0.1) is 0 Å². The van der Waals surface area contributed by atoms with Crippen LogP contribution in [0.5, 0.6) is 23.0 Å². The maximum atomic E-state index is 12.9. The van der Waals surface area contributed by atoms with Gasteiger partial charge in [-0.25, -0.2) is 5.43 Å². The first kappa shape index (κ1) is 30.4. The molecule has 15 heteroatoms. The van der Waals surface area contributed by atoms with Gasteiger partial charge in [-0.3, -0.25) is 14.4 Å². The normalized spacial score (nSPS) is 12.1. The highest BCUT2D eigenvalue weighted by molar-refractivity contribution is 14.1. The Morgan fingerprint density at radius 2 is 1.83 bits per heavy atom. The van der Waals surface area contributed by atoms with E-state index in [0.717, 1.165) is 12.1 Å². The van der Waals surface area contributed by atoms with Crippen LogP contribution >= 0.6 is 22.6 Å². The summed E-state index contributed by atoms with van der Waals surface area (Å²) >= 11 is 1.93. The van der Waals surface area contributed by atoms with Gasteiger partial charge in [0.15, 0.2) is 29.6 Å². The fourth-order valence-corrected chi connectivity index (χ4v) is 4.37. The Morgan fingerprint density at radius 3 is 2.60 bits per heavy atom. The van der Waals surface area contributed by atoms with Crippen molar-refractivity contribution in [3.63, 3.8) is 0 Å². The quantitative estimate of drug-likeness (QED) is 0.134. The molecule has 3 N–H and O–H groups in total. The van der Waals surface area contributed by atoms with Crippen molar-refractivity contribution in [1.29, 1.82) is 0 Å². The van der Waals surface area contributed by atoms with E-state index in [0.29, 0.717) is 26.2 Å². The highest BCUT2D eigenvalue weighted by Gasteiger charge is 2.30. The number of carbonyl (C=O) groups excluding carboxylic acids is 3. The van der Waals surface area contributed by atoms with E-state index in [9.17, 15) is 27.6 Å². The molecular formula is C27H22F3IN4O7. The molecule has 0 saturated carbocycles. The summed E-state index contributed by atoms with van der Waals surface area (Å²) in [5.41, 5.74) is 2.38. The number of hydrogen-bond donors (Lipinski definition) is 3. The standard InChI is InChI=1S/C27H22F3IN4O7/c1-39-22-9-16(12-33-35-26(38)25(37)32-11-15-5-6-20-21(8-15)42-14-41-20)7-19(31)24(22)40-13-23(36)34-18-4-2-3-17(10-18)27(28,29)30/h2-10,12H,11,13-14H2,1H3,(H,32,37)(H,34,36)(H,35,38)/b33-12-. The summed E-state index contributed by atoms with van der Waals surface area (Å²) < 4.78 is 60.6. The molecule has 0 spiro atoms. The maximum Gasteiger partial charge on any atom is 0.416 e. The Labute approximate surface area is 250 Å². The second kappa shape index (κ2) is 13.4. The number of rotatable bonds is 9. The number of amides is 3.